The molecule has 8 nitrogen and oxygen atoms in total. The number of aryl methyl sites for hydroxylation is 1. The van der Waals surface area contributed by atoms with Crippen LogP contribution in [-0.2, 0) is 10.0 Å². The Kier molecular flexibility index (Phi) is 4.83. The third kappa shape index (κ3) is 4.62. The van der Waals surface area contributed by atoms with Gasteiger partial charge >= 0.3 is 0 Å². The number of nitrogens with one attached hydrogen (secondary N) is 2. The van der Waals surface area contributed by atoms with Crippen molar-refractivity contribution in [3.05, 3.63) is 60.2 Å². The van der Waals surface area contributed by atoms with Gasteiger partial charge in [-0.25, -0.2) is 13.1 Å². The number of carbonyl (C=O) groups excluding carboxylic acids is 1. The van der Waals surface area contributed by atoms with E-state index in [1.807, 2.05) is 31.3 Å². The predicted octanol–water partition coefficient (Wildman–Crippen LogP) is 2.51. The normalized spacial score (nSPS) is 13.9. The third-order valence-corrected chi connectivity index (χ3v) is 5.20. The fourth-order valence-electron chi connectivity index (χ4n) is 3.00. The molecule has 2 N–H and O–H groups in total. The second-order valence-electron chi connectivity index (χ2n) is 7.26. The van der Waals surface area contributed by atoms with Crippen molar-refractivity contribution in [3.63, 3.8) is 0 Å². The molecule has 0 unspecified atom stereocenters. The molecule has 0 saturated heterocycles. The van der Waals surface area contributed by atoms with Crippen LogP contribution in [0.4, 0.5) is 5.69 Å². The van der Waals surface area contributed by atoms with Crippen LogP contribution in [0.3, 0.4) is 0 Å². The van der Waals surface area contributed by atoms with Crippen LogP contribution in [0, 0.1) is 6.92 Å². The van der Waals surface area contributed by atoms with Crippen LogP contribution in [0.25, 0.3) is 16.8 Å². The Labute approximate surface area is 169 Å². The lowest BCUT2D eigenvalue weighted by Crippen LogP contribution is -2.25. The molecule has 4 rings (SSSR count). The Morgan fingerprint density at radius 2 is 1.97 bits per heavy atom. The van der Waals surface area contributed by atoms with Crippen molar-refractivity contribution < 1.29 is 13.2 Å². The quantitative estimate of drug-likeness (QED) is 0.648. The van der Waals surface area contributed by atoms with E-state index in [4.69, 9.17) is 0 Å². The average Bonchev–Trinajstić information content (AvgIpc) is 3.33. The minimum atomic E-state index is -3.39. The molecule has 29 heavy (non-hydrogen) atoms. The van der Waals surface area contributed by atoms with Crippen molar-refractivity contribution in [2.75, 3.05) is 11.0 Å². The number of sulfonamides is 1. The van der Waals surface area contributed by atoms with E-state index in [1.54, 1.807) is 23.1 Å². The maximum absolute atomic E-state index is 12.4. The minimum Gasteiger partial charge on any atom is -0.349 e. The number of hydrogen-bond donors (Lipinski definition) is 2. The summed E-state index contributed by atoms with van der Waals surface area (Å²) in [6, 6.07) is 7.57. The number of carbonyl (C=O) groups is 1. The van der Waals surface area contributed by atoms with Crippen LogP contribution in [0.2, 0.25) is 0 Å². The van der Waals surface area contributed by atoms with E-state index >= 15 is 0 Å². The van der Waals surface area contributed by atoms with E-state index in [0.29, 0.717) is 23.0 Å². The molecule has 2 heterocycles. The molecule has 0 bridgehead atoms. The maximum atomic E-state index is 12.4. The molecule has 1 saturated carbocycles. The molecular formula is C20H21N5O3S. The molecule has 0 radical (unpaired) electrons. The maximum Gasteiger partial charge on any atom is 0.251 e. The number of rotatable bonds is 6. The molecule has 1 aromatic carbocycles. The van der Waals surface area contributed by atoms with Gasteiger partial charge in [0.1, 0.15) is 0 Å². The SMILES string of the molecule is Cc1ccc(C(=O)NC2CC2)cc1-c1cnn(-c2cncc(NS(C)(=O)=O)c2)c1. The molecule has 0 spiro atoms. The van der Waals surface area contributed by atoms with Gasteiger partial charge in [-0.1, -0.05) is 6.07 Å². The van der Waals surface area contributed by atoms with Crippen molar-refractivity contribution in [3.8, 4) is 16.8 Å². The number of amides is 1. The molecule has 0 aliphatic heterocycles. The monoisotopic (exact) mass is 411 g/mol. The predicted molar refractivity (Wildman–Crippen MR) is 110 cm³/mol. The first kappa shape index (κ1) is 19.1. The zero-order chi connectivity index (χ0) is 20.6. The number of pyridine rings is 1. The fourth-order valence-corrected chi connectivity index (χ4v) is 3.54. The Morgan fingerprint density at radius 3 is 2.69 bits per heavy atom. The molecule has 150 valence electrons. The van der Waals surface area contributed by atoms with Crippen molar-refractivity contribution in [2.45, 2.75) is 25.8 Å². The standard InChI is InChI=1S/C20H21N5O3S/c1-13-3-4-14(20(26)23-16-5-6-16)7-19(13)15-9-22-25(12-15)18-8-17(10-21-11-18)24-29(2,27)28/h3-4,7-12,16,24H,5-6H2,1-2H3,(H,23,26). The van der Waals surface area contributed by atoms with Crippen LogP contribution in [0.5, 0.6) is 0 Å². The lowest BCUT2D eigenvalue weighted by atomic mass is 10.0. The molecular weight excluding hydrogens is 390 g/mol. The summed E-state index contributed by atoms with van der Waals surface area (Å²) >= 11 is 0. The highest BCUT2D eigenvalue weighted by molar-refractivity contribution is 7.92. The lowest BCUT2D eigenvalue weighted by molar-refractivity contribution is 0.0951. The number of aromatic nitrogens is 3. The Hall–Kier alpha value is -3.20. The van der Waals surface area contributed by atoms with E-state index in [2.05, 4.69) is 20.1 Å². The summed E-state index contributed by atoms with van der Waals surface area (Å²) in [6.07, 6.45) is 9.73. The first-order chi connectivity index (χ1) is 13.8. The van der Waals surface area contributed by atoms with Crippen LogP contribution in [-0.4, -0.2) is 41.4 Å². The smallest absolute Gasteiger partial charge is 0.251 e. The second kappa shape index (κ2) is 7.32. The molecule has 1 aliphatic carbocycles. The highest BCUT2D eigenvalue weighted by atomic mass is 32.2. The van der Waals surface area contributed by atoms with Crippen LogP contribution < -0.4 is 10.0 Å². The van der Waals surface area contributed by atoms with E-state index < -0.39 is 10.0 Å². The van der Waals surface area contributed by atoms with Crippen molar-refractivity contribution in [2.24, 2.45) is 0 Å². The van der Waals surface area contributed by atoms with E-state index in [-0.39, 0.29) is 5.91 Å². The van der Waals surface area contributed by atoms with Crippen molar-refractivity contribution in [1.29, 1.82) is 0 Å². The van der Waals surface area contributed by atoms with E-state index in [9.17, 15) is 13.2 Å². The summed E-state index contributed by atoms with van der Waals surface area (Å²) in [4.78, 5) is 16.4. The summed E-state index contributed by atoms with van der Waals surface area (Å²) in [5, 5.41) is 7.37. The highest BCUT2D eigenvalue weighted by Gasteiger charge is 2.24. The summed E-state index contributed by atoms with van der Waals surface area (Å²) in [7, 11) is -3.39. The van der Waals surface area contributed by atoms with Gasteiger partial charge in [0.25, 0.3) is 5.91 Å². The molecule has 2 aromatic heterocycles. The lowest BCUT2D eigenvalue weighted by Gasteiger charge is -2.08. The Bertz CT molecular complexity index is 1180. The fraction of sp³-hybridized carbons (Fsp3) is 0.250. The summed E-state index contributed by atoms with van der Waals surface area (Å²) in [5.74, 6) is -0.0649. The molecule has 1 aliphatic rings. The minimum absolute atomic E-state index is 0.0649. The third-order valence-electron chi connectivity index (χ3n) is 4.60. The van der Waals surface area contributed by atoms with Crippen molar-refractivity contribution >= 4 is 21.6 Å². The first-order valence-electron chi connectivity index (χ1n) is 9.18. The number of hydrogen-bond acceptors (Lipinski definition) is 5. The van der Waals surface area contributed by atoms with Gasteiger partial charge in [0.15, 0.2) is 0 Å². The number of anilines is 1. The summed E-state index contributed by atoms with van der Waals surface area (Å²) < 4.78 is 26.9. The second-order valence-corrected chi connectivity index (χ2v) is 9.01. The van der Waals surface area contributed by atoms with Gasteiger partial charge in [-0.2, -0.15) is 5.10 Å². The van der Waals surface area contributed by atoms with Crippen molar-refractivity contribution in [1.82, 2.24) is 20.1 Å². The van der Waals surface area contributed by atoms with Gasteiger partial charge in [0.2, 0.25) is 10.0 Å². The molecule has 1 fully saturated rings. The average molecular weight is 411 g/mol. The van der Waals surface area contributed by atoms with Gasteiger partial charge in [0.05, 0.1) is 36.2 Å². The van der Waals surface area contributed by atoms with Gasteiger partial charge in [-0.3, -0.25) is 14.5 Å². The number of nitrogens with zero attached hydrogens (tertiary/aromatic N) is 3. The van der Waals surface area contributed by atoms with Gasteiger partial charge in [0, 0.05) is 23.4 Å². The van der Waals surface area contributed by atoms with Gasteiger partial charge in [-0.15, -0.1) is 0 Å². The topological polar surface area (TPSA) is 106 Å². The highest BCUT2D eigenvalue weighted by Crippen LogP contribution is 2.26. The summed E-state index contributed by atoms with van der Waals surface area (Å²) in [6.45, 7) is 1.98. The van der Waals surface area contributed by atoms with E-state index in [0.717, 1.165) is 35.8 Å². The Balaban J connectivity index is 1.62. The van der Waals surface area contributed by atoms with Crippen LogP contribution in [0.15, 0.2) is 49.1 Å². The largest absolute Gasteiger partial charge is 0.349 e. The zero-order valence-electron chi connectivity index (χ0n) is 16.1. The first-order valence-corrected chi connectivity index (χ1v) is 11.1. The molecule has 9 heteroatoms. The number of benzene rings is 1. The molecule has 1 amide bonds. The van der Waals surface area contributed by atoms with Crippen LogP contribution in [0.1, 0.15) is 28.8 Å². The molecule has 3 aromatic rings. The molecule has 0 atom stereocenters. The summed E-state index contributed by atoms with van der Waals surface area (Å²) in [5.41, 5.74) is 4.38. The Morgan fingerprint density at radius 1 is 1.17 bits per heavy atom. The van der Waals surface area contributed by atoms with E-state index in [1.165, 1.54) is 6.20 Å². The van der Waals surface area contributed by atoms with Crippen LogP contribution >= 0.6 is 0 Å². The van der Waals surface area contributed by atoms with Gasteiger partial charge < -0.3 is 5.32 Å². The zero-order valence-corrected chi connectivity index (χ0v) is 16.9. The van der Waals surface area contributed by atoms with Gasteiger partial charge in [-0.05, 0) is 49.1 Å².